The van der Waals surface area contributed by atoms with Crippen LogP contribution in [0.15, 0.2) is 72.8 Å². The number of para-hydroxylation sites is 1. The number of aryl methyl sites for hydroxylation is 1. The van der Waals surface area contributed by atoms with Crippen LogP contribution in [0.5, 0.6) is 0 Å². The van der Waals surface area contributed by atoms with E-state index in [0.29, 0.717) is 34.3 Å². The number of rotatable bonds is 13. The van der Waals surface area contributed by atoms with Crippen molar-refractivity contribution >= 4 is 50.7 Å². The molecule has 40 heavy (non-hydrogen) atoms. The van der Waals surface area contributed by atoms with E-state index in [1.807, 2.05) is 56.3 Å². The van der Waals surface area contributed by atoms with Crippen LogP contribution >= 0.6 is 23.2 Å². The maximum absolute atomic E-state index is 13.8. The molecule has 3 aromatic rings. The highest BCUT2D eigenvalue weighted by molar-refractivity contribution is 7.92. The van der Waals surface area contributed by atoms with Crippen LogP contribution in [0.4, 0.5) is 5.69 Å². The lowest BCUT2D eigenvalue weighted by molar-refractivity contribution is -0.141. The Morgan fingerprint density at radius 3 is 2.15 bits per heavy atom. The second-order valence-corrected chi connectivity index (χ2v) is 12.3. The van der Waals surface area contributed by atoms with Gasteiger partial charge < -0.3 is 10.2 Å². The van der Waals surface area contributed by atoms with E-state index in [4.69, 9.17) is 23.2 Å². The number of carbonyl (C=O) groups is 2. The van der Waals surface area contributed by atoms with E-state index in [-0.39, 0.29) is 37.7 Å². The SMILES string of the molecule is CCNC(=O)[C@H](Cc1ccccc1)N(Cc1c(Cl)cccc1Cl)C(=O)CCCN(c1ccccc1C)S(C)(=O)=O. The number of sulfonamides is 1. The Bertz CT molecular complexity index is 1400. The fourth-order valence-electron chi connectivity index (χ4n) is 4.53. The number of carbonyl (C=O) groups excluding carboxylic acids is 2. The van der Waals surface area contributed by atoms with Gasteiger partial charge in [0.1, 0.15) is 6.04 Å². The number of benzene rings is 3. The molecule has 0 aliphatic heterocycles. The summed E-state index contributed by atoms with van der Waals surface area (Å²) in [5, 5.41) is 3.63. The number of nitrogens with zero attached hydrogens (tertiary/aromatic N) is 2. The fraction of sp³-hybridized carbons (Fsp3) is 0.333. The van der Waals surface area contributed by atoms with Gasteiger partial charge in [-0.3, -0.25) is 13.9 Å². The van der Waals surface area contributed by atoms with Crippen LogP contribution in [-0.4, -0.2) is 50.5 Å². The van der Waals surface area contributed by atoms with Gasteiger partial charge in [-0.2, -0.15) is 0 Å². The van der Waals surface area contributed by atoms with Gasteiger partial charge >= 0.3 is 0 Å². The maximum Gasteiger partial charge on any atom is 0.243 e. The van der Waals surface area contributed by atoms with E-state index in [9.17, 15) is 18.0 Å². The third kappa shape index (κ3) is 8.46. The summed E-state index contributed by atoms with van der Waals surface area (Å²) in [7, 11) is -3.59. The van der Waals surface area contributed by atoms with Gasteiger partial charge in [-0.05, 0) is 49.6 Å². The minimum absolute atomic E-state index is 0.0185. The first-order chi connectivity index (χ1) is 19.0. The summed E-state index contributed by atoms with van der Waals surface area (Å²) in [6.07, 6.45) is 1.71. The molecule has 0 aliphatic rings. The Labute approximate surface area is 247 Å². The lowest BCUT2D eigenvalue weighted by atomic mass is 10.0. The summed E-state index contributed by atoms with van der Waals surface area (Å²) >= 11 is 12.9. The Kier molecular flexibility index (Phi) is 11.4. The molecule has 0 unspecified atom stereocenters. The molecule has 214 valence electrons. The minimum Gasteiger partial charge on any atom is -0.355 e. The van der Waals surface area contributed by atoms with Crippen molar-refractivity contribution < 1.29 is 18.0 Å². The number of amides is 2. The molecule has 0 aliphatic carbocycles. The first kappa shape index (κ1) is 31.5. The number of likely N-dealkylation sites (N-methyl/N-ethyl adjacent to an activating group) is 1. The lowest BCUT2D eigenvalue weighted by Crippen LogP contribution is -2.50. The quantitative estimate of drug-likeness (QED) is 0.274. The van der Waals surface area contributed by atoms with E-state index < -0.39 is 16.1 Å². The third-order valence-corrected chi connectivity index (χ3v) is 8.44. The monoisotopic (exact) mass is 603 g/mol. The largest absolute Gasteiger partial charge is 0.355 e. The van der Waals surface area contributed by atoms with Crippen molar-refractivity contribution in [1.29, 1.82) is 0 Å². The van der Waals surface area contributed by atoms with Gasteiger partial charge in [0.25, 0.3) is 0 Å². The van der Waals surface area contributed by atoms with Crippen LogP contribution in [0.2, 0.25) is 10.0 Å². The predicted molar refractivity (Wildman–Crippen MR) is 162 cm³/mol. The van der Waals surface area contributed by atoms with Gasteiger partial charge in [0.15, 0.2) is 0 Å². The smallest absolute Gasteiger partial charge is 0.243 e. The molecular weight excluding hydrogens is 569 g/mol. The molecule has 7 nitrogen and oxygen atoms in total. The molecule has 10 heteroatoms. The fourth-order valence-corrected chi connectivity index (χ4v) is 6.07. The van der Waals surface area contributed by atoms with Crippen molar-refractivity contribution in [1.82, 2.24) is 10.2 Å². The van der Waals surface area contributed by atoms with Crippen LogP contribution in [0.3, 0.4) is 0 Å². The Hall–Kier alpha value is -3.07. The predicted octanol–water partition coefficient (Wildman–Crippen LogP) is 5.62. The van der Waals surface area contributed by atoms with E-state index in [1.54, 1.807) is 30.3 Å². The molecule has 0 bridgehead atoms. The molecule has 0 heterocycles. The number of halogens is 2. The standard InChI is InChI=1S/C30H35Cl2N3O4S/c1-4-33-30(37)28(20-23-13-6-5-7-14-23)34(21-24-25(31)15-10-16-26(24)32)29(36)18-11-19-35(40(3,38)39)27-17-9-8-12-22(27)2/h5-10,12-17,28H,4,11,18-21H2,1-3H3,(H,33,37)/t28-/m0/s1. The van der Waals surface area contributed by atoms with Gasteiger partial charge in [-0.25, -0.2) is 8.42 Å². The Balaban J connectivity index is 1.91. The minimum atomic E-state index is -3.59. The Morgan fingerprint density at radius 2 is 1.55 bits per heavy atom. The molecule has 0 aromatic heterocycles. The average Bonchev–Trinajstić information content (AvgIpc) is 2.90. The van der Waals surface area contributed by atoms with Crippen molar-refractivity contribution in [2.24, 2.45) is 0 Å². The summed E-state index contributed by atoms with van der Waals surface area (Å²) in [5.41, 5.74) is 2.82. The highest BCUT2D eigenvalue weighted by atomic mass is 35.5. The summed E-state index contributed by atoms with van der Waals surface area (Å²) in [6.45, 7) is 4.20. The van der Waals surface area contributed by atoms with Gasteiger partial charge in [0.2, 0.25) is 21.8 Å². The third-order valence-electron chi connectivity index (χ3n) is 6.55. The second-order valence-electron chi connectivity index (χ2n) is 9.55. The number of hydrogen-bond acceptors (Lipinski definition) is 4. The van der Waals surface area contributed by atoms with Crippen LogP contribution in [0, 0.1) is 6.92 Å². The summed E-state index contributed by atoms with van der Waals surface area (Å²) in [6, 6.07) is 20.9. The molecule has 0 fully saturated rings. The molecule has 0 saturated carbocycles. The molecular formula is C30H35Cl2N3O4S. The molecule has 0 saturated heterocycles. The zero-order valence-electron chi connectivity index (χ0n) is 22.9. The van der Waals surface area contributed by atoms with Crippen molar-refractivity contribution in [2.75, 3.05) is 23.7 Å². The molecule has 0 spiro atoms. The van der Waals surface area contributed by atoms with Crippen LogP contribution in [-0.2, 0) is 32.6 Å². The van der Waals surface area contributed by atoms with E-state index in [0.717, 1.165) is 17.4 Å². The number of nitrogens with one attached hydrogen (secondary N) is 1. The molecule has 3 aromatic carbocycles. The summed E-state index contributed by atoms with van der Waals surface area (Å²) < 4.78 is 26.6. The van der Waals surface area contributed by atoms with E-state index in [1.165, 1.54) is 9.21 Å². The number of anilines is 1. The number of hydrogen-bond donors (Lipinski definition) is 1. The molecule has 2 amide bonds. The molecule has 0 radical (unpaired) electrons. The normalized spacial score (nSPS) is 12.0. The average molecular weight is 605 g/mol. The zero-order chi connectivity index (χ0) is 29.3. The summed E-state index contributed by atoms with van der Waals surface area (Å²) in [4.78, 5) is 28.7. The van der Waals surface area contributed by atoms with Crippen molar-refractivity contribution in [3.63, 3.8) is 0 Å². The molecule has 1 atom stereocenters. The Morgan fingerprint density at radius 1 is 0.925 bits per heavy atom. The van der Waals surface area contributed by atoms with Crippen LogP contribution in [0.1, 0.15) is 36.5 Å². The topological polar surface area (TPSA) is 86.8 Å². The molecule has 3 rings (SSSR count). The second kappa shape index (κ2) is 14.5. The van der Waals surface area contributed by atoms with Crippen LogP contribution < -0.4 is 9.62 Å². The van der Waals surface area contributed by atoms with Gasteiger partial charge in [-0.1, -0.05) is 77.8 Å². The highest BCUT2D eigenvalue weighted by Gasteiger charge is 2.31. The maximum atomic E-state index is 13.8. The molecule has 1 N–H and O–H groups in total. The van der Waals surface area contributed by atoms with Gasteiger partial charge in [0.05, 0.1) is 11.9 Å². The zero-order valence-corrected chi connectivity index (χ0v) is 25.3. The van der Waals surface area contributed by atoms with Gasteiger partial charge in [-0.15, -0.1) is 0 Å². The highest BCUT2D eigenvalue weighted by Crippen LogP contribution is 2.28. The first-order valence-electron chi connectivity index (χ1n) is 13.1. The van der Waals surface area contributed by atoms with E-state index in [2.05, 4.69) is 5.32 Å². The first-order valence-corrected chi connectivity index (χ1v) is 15.7. The lowest BCUT2D eigenvalue weighted by Gasteiger charge is -2.32. The van der Waals surface area contributed by atoms with Crippen molar-refractivity contribution in [2.45, 2.75) is 45.7 Å². The van der Waals surface area contributed by atoms with E-state index >= 15 is 0 Å². The van der Waals surface area contributed by atoms with Crippen molar-refractivity contribution in [3.05, 3.63) is 99.5 Å². The van der Waals surface area contributed by atoms with Gasteiger partial charge in [0, 0.05) is 48.1 Å². The summed E-state index contributed by atoms with van der Waals surface area (Å²) in [5.74, 6) is -0.595. The van der Waals surface area contributed by atoms with Crippen molar-refractivity contribution in [3.8, 4) is 0 Å². The van der Waals surface area contributed by atoms with Crippen LogP contribution in [0.25, 0.3) is 0 Å².